The van der Waals surface area contributed by atoms with Crippen LogP contribution >= 0.6 is 0 Å². The number of aromatic nitrogens is 3. The SMILES string of the molecule is CCOC(=O)c1cnc2ccccc2c1N1CCc2cnc(CC)nc2C1. The first-order chi connectivity index (χ1) is 13.2. The van der Waals surface area contributed by atoms with Gasteiger partial charge in [0.2, 0.25) is 0 Å². The van der Waals surface area contributed by atoms with Crippen LogP contribution in [-0.4, -0.2) is 34.1 Å². The molecular weight excluding hydrogens is 340 g/mol. The lowest BCUT2D eigenvalue weighted by molar-refractivity contribution is 0.0526. The highest BCUT2D eigenvalue weighted by Gasteiger charge is 2.25. The molecule has 6 nitrogen and oxygen atoms in total. The van der Waals surface area contributed by atoms with Gasteiger partial charge in [-0.2, -0.15) is 0 Å². The van der Waals surface area contributed by atoms with E-state index in [9.17, 15) is 4.79 Å². The molecule has 0 saturated carbocycles. The van der Waals surface area contributed by atoms with Crippen molar-refractivity contribution in [3.05, 3.63) is 59.3 Å². The van der Waals surface area contributed by atoms with Crippen molar-refractivity contribution < 1.29 is 9.53 Å². The van der Waals surface area contributed by atoms with Crippen molar-refractivity contribution >= 4 is 22.6 Å². The van der Waals surface area contributed by atoms with E-state index in [0.29, 0.717) is 18.7 Å². The van der Waals surface area contributed by atoms with Crippen LogP contribution in [0.2, 0.25) is 0 Å². The zero-order valence-corrected chi connectivity index (χ0v) is 15.6. The van der Waals surface area contributed by atoms with E-state index in [1.807, 2.05) is 37.4 Å². The van der Waals surface area contributed by atoms with Crippen LogP contribution in [0.1, 0.15) is 41.3 Å². The van der Waals surface area contributed by atoms with E-state index in [1.165, 1.54) is 5.56 Å². The largest absolute Gasteiger partial charge is 0.462 e. The quantitative estimate of drug-likeness (QED) is 0.663. The van der Waals surface area contributed by atoms with E-state index in [2.05, 4.69) is 21.8 Å². The second kappa shape index (κ2) is 7.31. The van der Waals surface area contributed by atoms with Gasteiger partial charge in [-0.15, -0.1) is 0 Å². The molecule has 27 heavy (non-hydrogen) atoms. The molecule has 138 valence electrons. The number of para-hydroxylation sites is 1. The van der Waals surface area contributed by atoms with Crippen LogP contribution in [0.4, 0.5) is 5.69 Å². The first-order valence-electron chi connectivity index (χ1n) is 9.34. The van der Waals surface area contributed by atoms with Crippen LogP contribution in [-0.2, 0) is 24.1 Å². The summed E-state index contributed by atoms with van der Waals surface area (Å²) in [6, 6.07) is 7.89. The van der Waals surface area contributed by atoms with Gasteiger partial charge < -0.3 is 9.64 Å². The van der Waals surface area contributed by atoms with Crippen LogP contribution < -0.4 is 4.90 Å². The Morgan fingerprint density at radius 2 is 2.04 bits per heavy atom. The lowest BCUT2D eigenvalue weighted by atomic mass is 10.0. The Labute approximate surface area is 158 Å². The van der Waals surface area contributed by atoms with Gasteiger partial charge in [-0.05, 0) is 25.0 Å². The van der Waals surface area contributed by atoms with Gasteiger partial charge in [-0.1, -0.05) is 25.1 Å². The lowest BCUT2D eigenvalue weighted by Gasteiger charge is -2.32. The Morgan fingerprint density at radius 3 is 2.85 bits per heavy atom. The highest BCUT2D eigenvalue weighted by atomic mass is 16.5. The number of hydrogen-bond acceptors (Lipinski definition) is 6. The summed E-state index contributed by atoms with van der Waals surface area (Å²) >= 11 is 0. The number of anilines is 1. The summed E-state index contributed by atoms with van der Waals surface area (Å²) in [5.74, 6) is 0.509. The van der Waals surface area contributed by atoms with Crippen molar-refractivity contribution in [2.75, 3.05) is 18.1 Å². The Bertz CT molecular complexity index is 1000. The third-order valence-electron chi connectivity index (χ3n) is 4.87. The van der Waals surface area contributed by atoms with Crippen molar-refractivity contribution in [1.82, 2.24) is 15.0 Å². The number of esters is 1. The van der Waals surface area contributed by atoms with E-state index < -0.39 is 0 Å². The number of rotatable bonds is 4. The number of hydrogen-bond donors (Lipinski definition) is 0. The van der Waals surface area contributed by atoms with Gasteiger partial charge in [0.05, 0.1) is 30.0 Å². The maximum absolute atomic E-state index is 12.6. The molecule has 0 fully saturated rings. The minimum Gasteiger partial charge on any atom is -0.462 e. The zero-order valence-electron chi connectivity index (χ0n) is 15.6. The van der Waals surface area contributed by atoms with Crippen LogP contribution in [0.5, 0.6) is 0 Å². The zero-order chi connectivity index (χ0) is 18.8. The summed E-state index contributed by atoms with van der Waals surface area (Å²) in [7, 11) is 0. The third-order valence-corrected chi connectivity index (χ3v) is 4.87. The molecule has 0 aliphatic carbocycles. The maximum atomic E-state index is 12.6. The normalized spacial score (nSPS) is 13.5. The number of nitrogens with zero attached hydrogens (tertiary/aromatic N) is 4. The van der Waals surface area contributed by atoms with E-state index in [4.69, 9.17) is 9.72 Å². The second-order valence-electron chi connectivity index (χ2n) is 6.54. The number of carbonyl (C=O) groups is 1. The van der Waals surface area contributed by atoms with Crippen LogP contribution in [0.15, 0.2) is 36.7 Å². The summed E-state index contributed by atoms with van der Waals surface area (Å²) in [5.41, 5.74) is 4.46. The maximum Gasteiger partial charge on any atom is 0.341 e. The molecule has 6 heteroatoms. The molecule has 1 aromatic carbocycles. The van der Waals surface area contributed by atoms with Crippen molar-refractivity contribution in [3.63, 3.8) is 0 Å². The number of ether oxygens (including phenoxy) is 1. The van der Waals surface area contributed by atoms with Gasteiger partial charge in [0.1, 0.15) is 11.4 Å². The predicted octanol–water partition coefficient (Wildman–Crippen LogP) is 3.33. The van der Waals surface area contributed by atoms with Gasteiger partial charge in [-0.3, -0.25) is 4.98 Å². The Kier molecular flexibility index (Phi) is 4.71. The number of carbonyl (C=O) groups excluding carboxylic acids is 1. The van der Waals surface area contributed by atoms with Gasteiger partial charge >= 0.3 is 5.97 Å². The van der Waals surface area contributed by atoms with Crippen LogP contribution in [0, 0.1) is 0 Å². The summed E-state index contributed by atoms with van der Waals surface area (Å²) in [4.78, 5) is 28.4. The first-order valence-corrected chi connectivity index (χ1v) is 9.34. The van der Waals surface area contributed by atoms with Crippen molar-refractivity contribution in [1.29, 1.82) is 0 Å². The molecule has 0 bridgehead atoms. The van der Waals surface area contributed by atoms with Crippen molar-refractivity contribution in [3.8, 4) is 0 Å². The van der Waals surface area contributed by atoms with Gasteiger partial charge in [0, 0.05) is 30.7 Å². The smallest absolute Gasteiger partial charge is 0.341 e. The van der Waals surface area contributed by atoms with Gasteiger partial charge in [-0.25, -0.2) is 14.8 Å². The molecule has 3 heterocycles. The fraction of sp³-hybridized carbons (Fsp3) is 0.333. The molecule has 1 aliphatic heterocycles. The molecule has 0 unspecified atom stereocenters. The summed E-state index contributed by atoms with van der Waals surface area (Å²) in [5, 5.41) is 0.955. The van der Waals surface area contributed by atoms with Crippen molar-refractivity contribution in [2.45, 2.75) is 33.2 Å². The van der Waals surface area contributed by atoms with Gasteiger partial charge in [0.15, 0.2) is 0 Å². The second-order valence-corrected chi connectivity index (χ2v) is 6.54. The first kappa shape index (κ1) is 17.4. The summed E-state index contributed by atoms with van der Waals surface area (Å²) in [6.45, 7) is 5.64. The van der Waals surface area contributed by atoms with E-state index in [0.717, 1.165) is 47.5 Å². The van der Waals surface area contributed by atoms with E-state index in [1.54, 1.807) is 6.20 Å². The molecule has 1 aliphatic rings. The Balaban J connectivity index is 1.82. The average Bonchev–Trinajstić information content (AvgIpc) is 2.72. The standard InChI is InChI=1S/C21H22N4O2/c1-3-19-23-11-14-9-10-25(13-18(14)24-19)20-15-7-5-6-8-17(15)22-12-16(20)21(26)27-4-2/h5-8,11-12H,3-4,9-10,13H2,1-2H3. The molecular formula is C21H22N4O2. The van der Waals surface area contributed by atoms with Crippen LogP contribution in [0.3, 0.4) is 0 Å². The van der Waals surface area contributed by atoms with E-state index in [-0.39, 0.29) is 5.97 Å². The molecule has 0 radical (unpaired) electrons. The summed E-state index contributed by atoms with van der Waals surface area (Å²) in [6.07, 6.45) is 5.22. The molecule has 3 aromatic rings. The molecule has 0 N–H and O–H groups in total. The Hall–Kier alpha value is -3.02. The van der Waals surface area contributed by atoms with Crippen molar-refractivity contribution in [2.24, 2.45) is 0 Å². The molecule has 4 rings (SSSR count). The van der Waals surface area contributed by atoms with Crippen LogP contribution in [0.25, 0.3) is 10.9 Å². The minimum absolute atomic E-state index is 0.334. The number of aryl methyl sites for hydroxylation is 1. The Morgan fingerprint density at radius 1 is 1.19 bits per heavy atom. The molecule has 0 atom stereocenters. The van der Waals surface area contributed by atoms with E-state index >= 15 is 0 Å². The molecule has 0 amide bonds. The fourth-order valence-electron chi connectivity index (χ4n) is 3.53. The number of benzene rings is 1. The number of pyridine rings is 1. The minimum atomic E-state index is -0.339. The topological polar surface area (TPSA) is 68.2 Å². The molecule has 0 spiro atoms. The van der Waals surface area contributed by atoms with Gasteiger partial charge in [0.25, 0.3) is 0 Å². The monoisotopic (exact) mass is 362 g/mol. The molecule has 2 aromatic heterocycles. The highest BCUT2D eigenvalue weighted by molar-refractivity contribution is 6.05. The lowest BCUT2D eigenvalue weighted by Crippen LogP contribution is -2.33. The highest BCUT2D eigenvalue weighted by Crippen LogP contribution is 2.33. The molecule has 0 saturated heterocycles. The predicted molar refractivity (Wildman–Crippen MR) is 104 cm³/mol. The summed E-state index contributed by atoms with van der Waals surface area (Å²) < 4.78 is 5.28. The number of fused-ring (bicyclic) bond motifs is 2. The fourth-order valence-corrected chi connectivity index (χ4v) is 3.53. The third kappa shape index (κ3) is 3.23. The average molecular weight is 362 g/mol.